The normalized spacial score (nSPS) is 17.3. The van der Waals surface area contributed by atoms with Crippen molar-refractivity contribution in [1.82, 2.24) is 0 Å². The zero-order chi connectivity index (χ0) is 13.4. The van der Waals surface area contributed by atoms with Gasteiger partial charge in [0.1, 0.15) is 11.9 Å². The topological polar surface area (TPSA) is 21.3 Å². The van der Waals surface area contributed by atoms with Crippen LogP contribution in [-0.2, 0) is 0 Å². The van der Waals surface area contributed by atoms with Crippen molar-refractivity contribution < 1.29 is 4.74 Å². The number of ether oxygens (including phenoxy) is 1. The summed E-state index contributed by atoms with van der Waals surface area (Å²) in [5.74, 6) is 0.722. The molecule has 0 aliphatic carbocycles. The molecule has 1 aliphatic rings. The highest BCUT2D eigenvalue weighted by atomic mass is 35.5. The maximum Gasteiger partial charge on any atom is 0.144 e. The van der Waals surface area contributed by atoms with Gasteiger partial charge in [-0.3, -0.25) is 0 Å². The van der Waals surface area contributed by atoms with Crippen LogP contribution < -0.4 is 10.1 Å². The van der Waals surface area contributed by atoms with Crippen molar-refractivity contribution in [1.29, 1.82) is 0 Å². The molecule has 1 N–H and O–H groups in total. The maximum atomic E-state index is 6.20. The highest BCUT2D eigenvalue weighted by Crippen LogP contribution is 2.38. The van der Waals surface area contributed by atoms with Crippen molar-refractivity contribution in [2.45, 2.75) is 6.10 Å². The summed E-state index contributed by atoms with van der Waals surface area (Å²) < 4.78 is 5.94. The van der Waals surface area contributed by atoms with Crippen molar-refractivity contribution in [3.8, 4) is 5.75 Å². The van der Waals surface area contributed by atoms with Gasteiger partial charge in [-0.25, -0.2) is 0 Å². The van der Waals surface area contributed by atoms with E-state index in [-0.39, 0.29) is 6.10 Å². The molecule has 2 aromatic carbocycles. The third-order valence-corrected chi connectivity index (χ3v) is 3.81. The van der Waals surface area contributed by atoms with Gasteiger partial charge in [0.15, 0.2) is 0 Å². The summed E-state index contributed by atoms with van der Waals surface area (Å²) in [5, 5.41) is 5.22. The van der Waals surface area contributed by atoms with E-state index in [1.54, 1.807) is 18.2 Å². The lowest BCUT2D eigenvalue weighted by Gasteiger charge is -2.28. The van der Waals surface area contributed by atoms with Crippen molar-refractivity contribution >= 4 is 40.5 Å². The number of fused-ring (bicyclic) bond motifs is 1. The van der Waals surface area contributed by atoms with Crippen LogP contribution in [-0.4, -0.2) is 6.54 Å². The second-order valence-electron chi connectivity index (χ2n) is 4.29. The quantitative estimate of drug-likeness (QED) is 0.782. The molecule has 19 heavy (non-hydrogen) atoms. The molecule has 1 aliphatic heterocycles. The molecule has 2 aromatic rings. The summed E-state index contributed by atoms with van der Waals surface area (Å²) in [6.45, 7) is 0.634. The van der Waals surface area contributed by atoms with E-state index in [4.69, 9.17) is 39.5 Å². The van der Waals surface area contributed by atoms with Gasteiger partial charge in [0.2, 0.25) is 0 Å². The number of halogens is 3. The number of anilines is 1. The van der Waals surface area contributed by atoms with E-state index in [0.29, 0.717) is 21.6 Å². The van der Waals surface area contributed by atoms with E-state index in [9.17, 15) is 0 Å². The molecule has 0 saturated carbocycles. The lowest BCUT2D eigenvalue weighted by molar-refractivity contribution is 0.210. The molecule has 0 radical (unpaired) electrons. The predicted octanol–water partition coefficient (Wildman–Crippen LogP) is 5.19. The van der Waals surface area contributed by atoms with Crippen LogP contribution in [0, 0.1) is 0 Å². The molecule has 0 bridgehead atoms. The van der Waals surface area contributed by atoms with Crippen LogP contribution in [0.3, 0.4) is 0 Å². The van der Waals surface area contributed by atoms with Crippen molar-refractivity contribution in [3.05, 3.63) is 57.0 Å². The van der Waals surface area contributed by atoms with Crippen LogP contribution in [0.5, 0.6) is 5.75 Å². The van der Waals surface area contributed by atoms with Crippen LogP contribution in [0.1, 0.15) is 11.7 Å². The molecule has 1 heterocycles. The first-order chi connectivity index (χ1) is 9.13. The Morgan fingerprint density at radius 2 is 1.74 bits per heavy atom. The van der Waals surface area contributed by atoms with Gasteiger partial charge < -0.3 is 10.1 Å². The van der Waals surface area contributed by atoms with Gasteiger partial charge in [0.25, 0.3) is 0 Å². The largest absolute Gasteiger partial charge is 0.482 e. The monoisotopic (exact) mass is 313 g/mol. The number of hydrogen-bond acceptors (Lipinski definition) is 2. The fraction of sp³-hybridized carbons (Fsp3) is 0.143. The molecule has 0 saturated heterocycles. The molecule has 3 rings (SSSR count). The minimum Gasteiger partial charge on any atom is -0.482 e. The fourth-order valence-electron chi connectivity index (χ4n) is 2.07. The zero-order valence-corrected chi connectivity index (χ0v) is 12.1. The van der Waals surface area contributed by atoms with Crippen LogP contribution in [0.2, 0.25) is 15.1 Å². The average Bonchev–Trinajstić information content (AvgIpc) is 2.40. The summed E-state index contributed by atoms with van der Waals surface area (Å²) in [7, 11) is 0. The van der Waals surface area contributed by atoms with Gasteiger partial charge in [-0.05, 0) is 30.3 Å². The highest BCUT2D eigenvalue weighted by Gasteiger charge is 2.23. The molecule has 5 heteroatoms. The molecule has 1 unspecified atom stereocenters. The van der Waals surface area contributed by atoms with E-state index in [1.807, 2.05) is 18.2 Å². The summed E-state index contributed by atoms with van der Waals surface area (Å²) in [5.41, 5.74) is 1.80. The van der Waals surface area contributed by atoms with Gasteiger partial charge in [0, 0.05) is 26.7 Å². The Balaban J connectivity index is 1.95. The standard InChI is InChI=1S/C14H10Cl3NO/c15-8-1-3-11(17)10(5-8)14-7-18-12-4-2-9(16)6-13(12)19-14/h1-6,14,18H,7H2. The van der Waals surface area contributed by atoms with Crippen molar-refractivity contribution in [2.24, 2.45) is 0 Å². The van der Waals surface area contributed by atoms with Crippen molar-refractivity contribution in [2.75, 3.05) is 11.9 Å². The summed E-state index contributed by atoms with van der Waals surface area (Å²) in [6.07, 6.45) is -0.183. The molecule has 98 valence electrons. The Bertz CT molecular complexity index is 630. The first-order valence-electron chi connectivity index (χ1n) is 5.78. The molecule has 0 spiro atoms. The Morgan fingerprint density at radius 1 is 1.00 bits per heavy atom. The second-order valence-corrected chi connectivity index (χ2v) is 5.57. The minimum atomic E-state index is -0.183. The molecular formula is C14H10Cl3NO. The molecule has 0 fully saturated rings. The first-order valence-corrected chi connectivity index (χ1v) is 6.92. The fourth-order valence-corrected chi connectivity index (χ4v) is 2.65. The number of rotatable bonds is 1. The SMILES string of the molecule is Clc1ccc2c(c1)OC(c1cc(Cl)ccc1Cl)CN2. The van der Waals surface area contributed by atoms with Gasteiger partial charge in [-0.15, -0.1) is 0 Å². The Hall–Kier alpha value is -1.09. The lowest BCUT2D eigenvalue weighted by Crippen LogP contribution is -2.23. The van der Waals surface area contributed by atoms with E-state index in [1.165, 1.54) is 0 Å². The summed E-state index contributed by atoms with van der Waals surface area (Å²) >= 11 is 18.2. The van der Waals surface area contributed by atoms with Crippen LogP contribution in [0.15, 0.2) is 36.4 Å². The summed E-state index contributed by atoms with van der Waals surface area (Å²) in [6, 6.07) is 10.9. The van der Waals surface area contributed by atoms with Crippen molar-refractivity contribution in [3.63, 3.8) is 0 Å². The van der Waals surface area contributed by atoms with Gasteiger partial charge in [-0.1, -0.05) is 34.8 Å². The van der Waals surface area contributed by atoms with Gasteiger partial charge in [0.05, 0.1) is 12.2 Å². The van der Waals surface area contributed by atoms with Crippen LogP contribution >= 0.6 is 34.8 Å². The van der Waals surface area contributed by atoms with E-state index in [0.717, 1.165) is 17.0 Å². The minimum absolute atomic E-state index is 0.183. The smallest absolute Gasteiger partial charge is 0.144 e. The number of hydrogen-bond donors (Lipinski definition) is 1. The molecule has 2 nitrogen and oxygen atoms in total. The Labute approximate surface area is 126 Å². The Morgan fingerprint density at radius 3 is 2.58 bits per heavy atom. The van der Waals surface area contributed by atoms with E-state index in [2.05, 4.69) is 5.32 Å². The lowest BCUT2D eigenvalue weighted by atomic mass is 10.1. The molecule has 1 atom stereocenters. The second kappa shape index (κ2) is 5.12. The molecular weight excluding hydrogens is 305 g/mol. The van der Waals surface area contributed by atoms with Gasteiger partial charge >= 0.3 is 0 Å². The predicted molar refractivity (Wildman–Crippen MR) is 79.8 cm³/mol. The highest BCUT2D eigenvalue weighted by molar-refractivity contribution is 6.33. The third kappa shape index (κ3) is 2.62. The zero-order valence-electron chi connectivity index (χ0n) is 9.79. The number of nitrogens with one attached hydrogen (secondary N) is 1. The van der Waals surface area contributed by atoms with E-state index < -0.39 is 0 Å². The molecule has 0 amide bonds. The third-order valence-electron chi connectivity index (χ3n) is 3.00. The Kier molecular flexibility index (Phi) is 3.48. The van der Waals surface area contributed by atoms with Gasteiger partial charge in [-0.2, -0.15) is 0 Å². The van der Waals surface area contributed by atoms with Crippen LogP contribution in [0.4, 0.5) is 5.69 Å². The van der Waals surface area contributed by atoms with Crippen LogP contribution in [0.25, 0.3) is 0 Å². The average molecular weight is 315 g/mol. The summed E-state index contributed by atoms with van der Waals surface area (Å²) in [4.78, 5) is 0. The first kappa shape index (κ1) is 12.9. The molecule has 0 aromatic heterocycles. The van der Waals surface area contributed by atoms with E-state index >= 15 is 0 Å². The number of benzene rings is 2. The maximum absolute atomic E-state index is 6.20.